The molecule has 94 valence electrons. The molecule has 1 N–H and O–H groups in total. The number of hydrogen-bond donors (Lipinski definition) is 1. The summed E-state index contributed by atoms with van der Waals surface area (Å²) in [5, 5.41) is 6.63. The van der Waals surface area contributed by atoms with Gasteiger partial charge in [-0.3, -0.25) is 9.48 Å². The number of nitrogens with zero attached hydrogens (tertiary/aromatic N) is 2. The maximum atomic E-state index is 11.2. The van der Waals surface area contributed by atoms with Gasteiger partial charge in [0.1, 0.15) is 0 Å². The number of rotatable bonds is 1. The Kier molecular flexibility index (Phi) is 9.55. The van der Waals surface area contributed by atoms with E-state index in [1.165, 1.54) is 0 Å². The fraction of sp³-hybridized carbons (Fsp3) is 0.667. The molecule has 0 saturated carbocycles. The molecule has 1 heterocycles. The lowest BCUT2D eigenvalue weighted by atomic mass is 10.2. The summed E-state index contributed by atoms with van der Waals surface area (Å²) in [4.78, 5) is 11.2. The van der Waals surface area contributed by atoms with Gasteiger partial charge in [0.15, 0.2) is 5.69 Å². The molecule has 0 unspecified atom stereocenters. The SMILES string of the molecule is CC.CC.CNC(=O)c1nn(C)c(C)c1C. The first kappa shape index (κ1) is 17.1. The maximum Gasteiger partial charge on any atom is 0.271 e. The van der Waals surface area contributed by atoms with Crippen LogP contribution in [0, 0.1) is 13.8 Å². The number of carbonyl (C=O) groups excluding carboxylic acids is 1. The van der Waals surface area contributed by atoms with Crippen LogP contribution in [0.3, 0.4) is 0 Å². The second kappa shape index (κ2) is 8.95. The van der Waals surface area contributed by atoms with Crippen molar-refractivity contribution in [3.8, 4) is 0 Å². The molecule has 4 nitrogen and oxygen atoms in total. The van der Waals surface area contributed by atoms with Crippen LogP contribution in [0.25, 0.3) is 0 Å². The average Bonchev–Trinajstić information content (AvgIpc) is 2.61. The van der Waals surface area contributed by atoms with E-state index < -0.39 is 0 Å². The Morgan fingerprint density at radius 3 is 1.88 bits per heavy atom. The molecule has 0 radical (unpaired) electrons. The van der Waals surface area contributed by atoms with Crippen molar-refractivity contribution in [2.45, 2.75) is 41.5 Å². The van der Waals surface area contributed by atoms with Gasteiger partial charge in [0, 0.05) is 25.4 Å². The molecular formula is C12H25N3O. The minimum absolute atomic E-state index is 0.129. The lowest BCUT2D eigenvalue weighted by molar-refractivity contribution is 0.0957. The van der Waals surface area contributed by atoms with Crippen LogP contribution >= 0.6 is 0 Å². The number of amides is 1. The van der Waals surface area contributed by atoms with Crippen molar-refractivity contribution >= 4 is 5.91 Å². The fourth-order valence-electron chi connectivity index (χ4n) is 1.05. The van der Waals surface area contributed by atoms with Crippen LogP contribution in [-0.2, 0) is 7.05 Å². The van der Waals surface area contributed by atoms with Crippen molar-refractivity contribution in [3.63, 3.8) is 0 Å². The molecule has 1 aromatic rings. The van der Waals surface area contributed by atoms with Crippen molar-refractivity contribution in [1.82, 2.24) is 15.1 Å². The molecule has 1 aromatic heterocycles. The molecule has 0 aliphatic heterocycles. The molecule has 0 aliphatic carbocycles. The fourth-order valence-corrected chi connectivity index (χ4v) is 1.05. The lowest BCUT2D eigenvalue weighted by Crippen LogP contribution is -2.19. The van der Waals surface area contributed by atoms with Crippen molar-refractivity contribution in [2.75, 3.05) is 7.05 Å². The Morgan fingerprint density at radius 2 is 1.62 bits per heavy atom. The number of nitrogens with one attached hydrogen (secondary N) is 1. The van der Waals surface area contributed by atoms with E-state index in [4.69, 9.17) is 0 Å². The van der Waals surface area contributed by atoms with E-state index in [2.05, 4.69) is 10.4 Å². The second-order valence-corrected chi connectivity index (χ2v) is 2.76. The summed E-state index contributed by atoms with van der Waals surface area (Å²) < 4.78 is 1.71. The number of aryl methyl sites for hydroxylation is 1. The van der Waals surface area contributed by atoms with E-state index in [0.29, 0.717) is 5.69 Å². The Bertz CT molecular complexity index is 316. The normalized spacial score (nSPS) is 8.25. The van der Waals surface area contributed by atoms with Crippen molar-refractivity contribution in [1.29, 1.82) is 0 Å². The van der Waals surface area contributed by atoms with Gasteiger partial charge in [0.05, 0.1) is 0 Å². The lowest BCUT2D eigenvalue weighted by Gasteiger charge is -1.94. The Hall–Kier alpha value is -1.32. The Morgan fingerprint density at radius 1 is 1.19 bits per heavy atom. The zero-order valence-electron chi connectivity index (χ0n) is 11.8. The van der Waals surface area contributed by atoms with Gasteiger partial charge < -0.3 is 5.32 Å². The third kappa shape index (κ3) is 4.04. The zero-order valence-corrected chi connectivity index (χ0v) is 11.8. The molecule has 0 aliphatic rings. The highest BCUT2D eigenvalue weighted by Gasteiger charge is 2.14. The van der Waals surface area contributed by atoms with Gasteiger partial charge in [-0.05, 0) is 13.8 Å². The topological polar surface area (TPSA) is 46.9 Å². The van der Waals surface area contributed by atoms with Crippen molar-refractivity contribution in [2.24, 2.45) is 7.05 Å². The summed E-state index contributed by atoms with van der Waals surface area (Å²) in [5.74, 6) is -0.129. The standard InChI is InChI=1S/C8H13N3O.2C2H6/c1-5-6(2)11(4)10-7(5)8(12)9-3;2*1-2/h1-4H3,(H,9,12);2*1-2H3. The van der Waals surface area contributed by atoms with Gasteiger partial charge in [-0.1, -0.05) is 27.7 Å². The van der Waals surface area contributed by atoms with E-state index in [1.54, 1.807) is 11.7 Å². The predicted molar refractivity (Wildman–Crippen MR) is 68.8 cm³/mol. The van der Waals surface area contributed by atoms with Crippen LogP contribution in [0.2, 0.25) is 0 Å². The highest BCUT2D eigenvalue weighted by molar-refractivity contribution is 5.93. The average molecular weight is 227 g/mol. The van der Waals surface area contributed by atoms with E-state index in [-0.39, 0.29) is 5.91 Å². The van der Waals surface area contributed by atoms with Gasteiger partial charge in [-0.25, -0.2) is 0 Å². The predicted octanol–water partition coefficient (Wildman–Crippen LogP) is 2.45. The molecule has 0 atom stereocenters. The summed E-state index contributed by atoms with van der Waals surface area (Å²) in [7, 11) is 3.43. The molecule has 0 saturated heterocycles. The minimum Gasteiger partial charge on any atom is -0.354 e. The highest BCUT2D eigenvalue weighted by Crippen LogP contribution is 2.10. The molecule has 0 spiro atoms. The van der Waals surface area contributed by atoms with Crippen molar-refractivity contribution in [3.05, 3.63) is 17.0 Å². The third-order valence-corrected chi connectivity index (χ3v) is 2.08. The van der Waals surface area contributed by atoms with E-state index in [0.717, 1.165) is 11.3 Å². The number of aromatic nitrogens is 2. The highest BCUT2D eigenvalue weighted by atomic mass is 16.1. The van der Waals surface area contributed by atoms with E-state index >= 15 is 0 Å². The third-order valence-electron chi connectivity index (χ3n) is 2.08. The van der Waals surface area contributed by atoms with E-state index in [9.17, 15) is 4.79 Å². The quantitative estimate of drug-likeness (QED) is 0.801. The minimum atomic E-state index is -0.129. The Labute approximate surface area is 99.0 Å². The second-order valence-electron chi connectivity index (χ2n) is 2.76. The van der Waals surface area contributed by atoms with Crippen LogP contribution in [-0.4, -0.2) is 22.7 Å². The summed E-state index contributed by atoms with van der Waals surface area (Å²) in [6, 6.07) is 0. The molecule has 1 amide bonds. The molecule has 0 bridgehead atoms. The van der Waals surface area contributed by atoms with Gasteiger partial charge >= 0.3 is 0 Å². The first-order chi connectivity index (χ1) is 7.57. The smallest absolute Gasteiger partial charge is 0.271 e. The number of hydrogen-bond acceptors (Lipinski definition) is 2. The molecule has 4 heteroatoms. The maximum absolute atomic E-state index is 11.2. The van der Waals surface area contributed by atoms with Crippen LogP contribution in [0.5, 0.6) is 0 Å². The summed E-state index contributed by atoms with van der Waals surface area (Å²) >= 11 is 0. The summed E-state index contributed by atoms with van der Waals surface area (Å²) in [5.41, 5.74) is 2.47. The monoisotopic (exact) mass is 227 g/mol. The Balaban J connectivity index is 0. The molecule has 1 rings (SSSR count). The van der Waals surface area contributed by atoms with Gasteiger partial charge in [0.2, 0.25) is 0 Å². The van der Waals surface area contributed by atoms with Gasteiger partial charge in [0.25, 0.3) is 5.91 Å². The van der Waals surface area contributed by atoms with Gasteiger partial charge in [-0.15, -0.1) is 0 Å². The van der Waals surface area contributed by atoms with Crippen LogP contribution in [0.15, 0.2) is 0 Å². The molecule has 16 heavy (non-hydrogen) atoms. The summed E-state index contributed by atoms with van der Waals surface area (Å²) in [6.45, 7) is 11.8. The summed E-state index contributed by atoms with van der Waals surface area (Å²) in [6.07, 6.45) is 0. The molecular weight excluding hydrogens is 202 g/mol. The molecule has 0 aromatic carbocycles. The van der Waals surface area contributed by atoms with Crippen LogP contribution in [0.1, 0.15) is 49.4 Å². The molecule has 0 fully saturated rings. The van der Waals surface area contributed by atoms with Crippen LogP contribution < -0.4 is 5.32 Å². The van der Waals surface area contributed by atoms with E-state index in [1.807, 2.05) is 48.6 Å². The first-order valence-electron chi connectivity index (χ1n) is 5.80. The van der Waals surface area contributed by atoms with Crippen molar-refractivity contribution < 1.29 is 4.79 Å². The zero-order chi connectivity index (χ0) is 13.3. The van der Waals surface area contributed by atoms with Crippen LogP contribution in [0.4, 0.5) is 0 Å². The first-order valence-corrected chi connectivity index (χ1v) is 5.80. The van der Waals surface area contributed by atoms with Gasteiger partial charge in [-0.2, -0.15) is 5.10 Å². The number of carbonyl (C=O) groups is 1. The largest absolute Gasteiger partial charge is 0.354 e.